The summed E-state index contributed by atoms with van der Waals surface area (Å²) in [6.07, 6.45) is 2.43. The van der Waals surface area contributed by atoms with Gasteiger partial charge in [0, 0.05) is 0 Å². The summed E-state index contributed by atoms with van der Waals surface area (Å²) in [6, 6.07) is 1.13. The van der Waals surface area contributed by atoms with E-state index in [4.69, 9.17) is 8.23 Å². The molecule has 0 bridgehead atoms. The van der Waals surface area contributed by atoms with Gasteiger partial charge in [-0.15, -0.1) is 0 Å². The van der Waals surface area contributed by atoms with Gasteiger partial charge in [0.2, 0.25) is 0 Å². The average Bonchev–Trinajstić information content (AvgIpc) is 2.21. The van der Waals surface area contributed by atoms with Crippen LogP contribution in [0.5, 0.6) is 0 Å². The fourth-order valence-corrected chi connectivity index (χ4v) is 15.4. The fraction of sp³-hybridized carbons (Fsp3) is 1.00. The lowest BCUT2D eigenvalue weighted by molar-refractivity contribution is 0.347. The van der Waals surface area contributed by atoms with Crippen LogP contribution in [0.15, 0.2) is 0 Å². The lowest BCUT2D eigenvalue weighted by Crippen LogP contribution is -2.58. The Morgan fingerprint density at radius 2 is 1.00 bits per heavy atom. The van der Waals surface area contributed by atoms with Crippen LogP contribution in [0, 0.1) is 0 Å². The maximum atomic E-state index is 6.91. The summed E-state index contributed by atoms with van der Waals surface area (Å²) in [5.41, 5.74) is 0. The van der Waals surface area contributed by atoms with Crippen LogP contribution in [0.1, 0.15) is 61.3 Å². The highest BCUT2D eigenvalue weighted by Gasteiger charge is 2.49. The van der Waals surface area contributed by atoms with Gasteiger partial charge in [-0.2, -0.15) is 0 Å². The summed E-state index contributed by atoms with van der Waals surface area (Å²) in [6.45, 7) is 27.9. The van der Waals surface area contributed by atoms with E-state index in [9.17, 15) is 0 Å². The van der Waals surface area contributed by atoms with Gasteiger partial charge >= 0.3 is 8.56 Å². The largest absolute Gasteiger partial charge is 0.436 e. The Morgan fingerprint density at radius 3 is 1.23 bits per heavy atom. The Balaban J connectivity index is 5.42. The molecule has 0 atom stereocenters. The predicted molar refractivity (Wildman–Crippen MR) is 108 cm³/mol. The second kappa shape index (κ2) is 7.21. The molecule has 22 heavy (non-hydrogen) atoms. The maximum Gasteiger partial charge on any atom is 0.314 e. The number of hydrogen-bond acceptors (Lipinski definition) is 2. The highest BCUT2D eigenvalue weighted by molar-refractivity contribution is 6.89. The van der Waals surface area contributed by atoms with Crippen molar-refractivity contribution in [3.63, 3.8) is 0 Å². The Bertz CT molecular complexity index is 324. The van der Waals surface area contributed by atoms with Crippen molar-refractivity contribution in [2.45, 2.75) is 110 Å². The molecule has 0 N–H and O–H groups in total. The van der Waals surface area contributed by atoms with E-state index in [1.165, 1.54) is 12.8 Å². The quantitative estimate of drug-likeness (QED) is 0.458. The lowest BCUT2D eigenvalue weighted by Gasteiger charge is -2.48. The van der Waals surface area contributed by atoms with Crippen LogP contribution < -0.4 is 0 Å². The van der Waals surface area contributed by atoms with Crippen molar-refractivity contribution < 1.29 is 8.23 Å². The van der Waals surface area contributed by atoms with Crippen molar-refractivity contribution in [3.05, 3.63) is 0 Å². The van der Waals surface area contributed by atoms with Gasteiger partial charge in [-0.3, -0.25) is 0 Å². The molecule has 0 rings (SSSR count). The van der Waals surface area contributed by atoms with E-state index < -0.39 is 25.2 Å². The summed E-state index contributed by atoms with van der Waals surface area (Å²) in [7, 11) is -5.72. The topological polar surface area (TPSA) is 18.5 Å². The van der Waals surface area contributed by atoms with Crippen LogP contribution in [-0.2, 0) is 8.23 Å². The highest BCUT2D eigenvalue weighted by atomic mass is 28.5. The van der Waals surface area contributed by atoms with Gasteiger partial charge in [0.25, 0.3) is 0 Å². The molecular formula is C17H42O2Si3. The van der Waals surface area contributed by atoms with Crippen molar-refractivity contribution in [3.8, 4) is 0 Å². The average molecular weight is 363 g/mol. The standard InChI is InChI=1S/C17H42O2Si3/c1-13-14-15-22(12,18-20(8,9)16(2,3)4)19-21(10,11)17(5,6)7/h13-15H2,1-12H3. The predicted octanol–water partition coefficient (Wildman–Crippen LogP) is 6.90. The first kappa shape index (κ1) is 22.6. The van der Waals surface area contributed by atoms with Crippen LogP contribution in [0.4, 0.5) is 0 Å². The number of rotatable bonds is 7. The summed E-state index contributed by atoms with van der Waals surface area (Å²) in [5, 5.41) is 0.481. The van der Waals surface area contributed by atoms with Crippen LogP contribution >= 0.6 is 0 Å². The summed E-state index contributed by atoms with van der Waals surface area (Å²) >= 11 is 0. The minimum atomic E-state index is -2.14. The Labute approximate surface area is 143 Å². The van der Waals surface area contributed by atoms with E-state index in [2.05, 4.69) is 81.2 Å². The smallest absolute Gasteiger partial charge is 0.314 e. The van der Waals surface area contributed by atoms with Crippen molar-refractivity contribution in [2.75, 3.05) is 0 Å². The molecule has 0 aliphatic heterocycles. The lowest BCUT2D eigenvalue weighted by atomic mass is 10.2. The third-order valence-corrected chi connectivity index (χ3v) is 21.6. The number of hydrogen-bond donors (Lipinski definition) is 0. The molecular weight excluding hydrogens is 320 g/mol. The van der Waals surface area contributed by atoms with Crippen molar-refractivity contribution in [1.82, 2.24) is 0 Å². The molecule has 0 heterocycles. The van der Waals surface area contributed by atoms with Gasteiger partial charge in [-0.1, -0.05) is 61.3 Å². The van der Waals surface area contributed by atoms with Crippen LogP contribution in [-0.4, -0.2) is 25.2 Å². The van der Waals surface area contributed by atoms with E-state index in [1.807, 2.05) is 0 Å². The van der Waals surface area contributed by atoms with Gasteiger partial charge in [0.05, 0.1) is 0 Å². The third kappa shape index (κ3) is 6.23. The van der Waals surface area contributed by atoms with E-state index >= 15 is 0 Å². The molecule has 0 aliphatic carbocycles. The minimum absolute atomic E-state index is 0.240. The molecule has 0 aromatic heterocycles. The first-order chi connectivity index (χ1) is 9.47. The second-order valence-electron chi connectivity index (χ2n) is 9.96. The normalized spacial score (nSPS) is 15.3. The Morgan fingerprint density at radius 1 is 0.682 bits per heavy atom. The summed E-state index contributed by atoms with van der Waals surface area (Å²) in [5.74, 6) is 0. The molecule has 0 aromatic carbocycles. The molecule has 0 radical (unpaired) electrons. The highest BCUT2D eigenvalue weighted by Crippen LogP contribution is 2.43. The molecule has 0 unspecified atom stereocenters. The van der Waals surface area contributed by atoms with Gasteiger partial charge in [-0.05, 0) is 48.9 Å². The first-order valence-corrected chi connectivity index (χ1v) is 17.2. The minimum Gasteiger partial charge on any atom is -0.436 e. The molecule has 2 nitrogen and oxygen atoms in total. The van der Waals surface area contributed by atoms with Crippen molar-refractivity contribution in [2.24, 2.45) is 0 Å². The van der Waals surface area contributed by atoms with E-state index in [-0.39, 0.29) is 10.1 Å². The Kier molecular flexibility index (Phi) is 7.40. The molecule has 0 fully saturated rings. The zero-order valence-electron chi connectivity index (χ0n) is 17.4. The SMILES string of the molecule is CCCC[Si](C)(O[Si](C)(C)C(C)(C)C)O[Si](C)(C)C(C)(C)C. The molecule has 0 aliphatic rings. The monoisotopic (exact) mass is 362 g/mol. The molecule has 0 amide bonds. The van der Waals surface area contributed by atoms with Gasteiger partial charge < -0.3 is 8.23 Å². The zero-order chi connectivity index (χ0) is 18.0. The van der Waals surface area contributed by atoms with Gasteiger partial charge in [-0.25, -0.2) is 0 Å². The molecule has 0 aromatic rings. The molecule has 0 spiro atoms. The molecule has 0 saturated carbocycles. The zero-order valence-corrected chi connectivity index (χ0v) is 20.4. The Hall–Kier alpha value is 0.571. The van der Waals surface area contributed by atoms with Crippen molar-refractivity contribution in [1.29, 1.82) is 0 Å². The fourth-order valence-electron chi connectivity index (χ4n) is 2.01. The van der Waals surface area contributed by atoms with Crippen LogP contribution in [0.3, 0.4) is 0 Å². The molecule has 134 valence electrons. The van der Waals surface area contributed by atoms with Crippen molar-refractivity contribution >= 4 is 25.2 Å². The van der Waals surface area contributed by atoms with Gasteiger partial charge in [0.1, 0.15) is 0 Å². The third-order valence-electron chi connectivity index (χ3n) is 5.54. The molecule has 0 saturated heterocycles. The van der Waals surface area contributed by atoms with E-state index in [1.54, 1.807) is 0 Å². The number of unbranched alkanes of at least 4 members (excludes halogenated alkanes) is 1. The maximum absolute atomic E-state index is 6.91. The summed E-state index contributed by atoms with van der Waals surface area (Å²) in [4.78, 5) is 0. The first-order valence-electron chi connectivity index (χ1n) is 8.88. The van der Waals surface area contributed by atoms with E-state index in [0.717, 1.165) is 6.04 Å². The van der Waals surface area contributed by atoms with E-state index in [0.29, 0.717) is 0 Å². The molecule has 5 heteroatoms. The second-order valence-corrected chi connectivity index (χ2v) is 23.4. The van der Waals surface area contributed by atoms with Crippen LogP contribution in [0.25, 0.3) is 0 Å². The van der Waals surface area contributed by atoms with Crippen LogP contribution in [0.2, 0.25) is 48.9 Å². The van der Waals surface area contributed by atoms with Gasteiger partial charge in [0.15, 0.2) is 16.6 Å². The summed E-state index contributed by atoms with van der Waals surface area (Å²) < 4.78 is 13.8.